The van der Waals surface area contributed by atoms with E-state index in [1.807, 2.05) is 17.6 Å². The fourth-order valence-corrected chi connectivity index (χ4v) is 4.32. The van der Waals surface area contributed by atoms with Gasteiger partial charge < -0.3 is 9.47 Å². The maximum Gasteiger partial charge on any atom is 0.254 e. The van der Waals surface area contributed by atoms with Crippen molar-refractivity contribution in [3.8, 4) is 10.8 Å². The van der Waals surface area contributed by atoms with Crippen LogP contribution in [-0.4, -0.2) is 42.1 Å². The topological polar surface area (TPSA) is 76.8 Å². The Morgan fingerprint density at radius 2 is 2.00 bits per heavy atom. The Hall–Kier alpha value is -3.20. The van der Waals surface area contributed by atoms with Gasteiger partial charge in [-0.15, -0.1) is 21.5 Å². The van der Waals surface area contributed by atoms with Crippen LogP contribution in [-0.2, 0) is 13.1 Å². The van der Waals surface area contributed by atoms with E-state index in [0.29, 0.717) is 36.8 Å². The lowest BCUT2D eigenvalue weighted by Crippen LogP contribution is -2.38. The van der Waals surface area contributed by atoms with Crippen molar-refractivity contribution in [1.82, 2.24) is 29.6 Å². The molecular formula is C19H15FN6OS. The van der Waals surface area contributed by atoms with Gasteiger partial charge in [-0.3, -0.25) is 9.78 Å². The summed E-state index contributed by atoms with van der Waals surface area (Å²) in [6, 6.07) is 7.59. The Labute approximate surface area is 163 Å². The number of hydrogen-bond donors (Lipinski definition) is 0. The van der Waals surface area contributed by atoms with Crippen molar-refractivity contribution in [2.45, 2.75) is 20.0 Å². The number of pyridine rings is 1. The molecule has 0 unspecified atom stereocenters. The molecule has 3 aromatic heterocycles. The van der Waals surface area contributed by atoms with Crippen LogP contribution < -0.4 is 0 Å². The fraction of sp³-hybridized carbons (Fsp3) is 0.211. The first-order valence-corrected chi connectivity index (χ1v) is 9.60. The lowest BCUT2D eigenvalue weighted by molar-refractivity contribution is 0.0708. The van der Waals surface area contributed by atoms with Crippen molar-refractivity contribution in [1.29, 1.82) is 0 Å². The molecule has 4 heterocycles. The maximum absolute atomic E-state index is 13.1. The average Bonchev–Trinajstić information content (AvgIpc) is 3.30. The van der Waals surface area contributed by atoms with Crippen molar-refractivity contribution in [2.75, 3.05) is 6.54 Å². The van der Waals surface area contributed by atoms with Crippen LogP contribution >= 0.6 is 11.3 Å². The van der Waals surface area contributed by atoms with E-state index < -0.39 is 0 Å². The van der Waals surface area contributed by atoms with Crippen molar-refractivity contribution < 1.29 is 9.18 Å². The zero-order valence-corrected chi connectivity index (χ0v) is 15.8. The van der Waals surface area contributed by atoms with Crippen LogP contribution in [0, 0.1) is 12.7 Å². The molecule has 9 heteroatoms. The highest BCUT2D eigenvalue weighted by Crippen LogP contribution is 2.30. The number of amides is 1. The molecule has 7 nitrogen and oxygen atoms in total. The molecule has 28 heavy (non-hydrogen) atoms. The van der Waals surface area contributed by atoms with Gasteiger partial charge in [0.25, 0.3) is 5.91 Å². The highest BCUT2D eigenvalue weighted by Gasteiger charge is 2.26. The number of rotatable bonds is 2. The standard InChI is InChI=1S/C19H15FN6OS/c1-11-8-15-14(9-21-11)22-18(28-15)17-24-23-16-10-25(6-7-26(16)17)19(27)12-2-4-13(20)5-3-12/h2-5,8-9H,6-7,10H2,1H3. The van der Waals surface area contributed by atoms with E-state index >= 15 is 0 Å². The Bertz CT molecular complexity index is 1200. The summed E-state index contributed by atoms with van der Waals surface area (Å²) in [5.74, 6) is 0.922. The van der Waals surface area contributed by atoms with Gasteiger partial charge >= 0.3 is 0 Å². The van der Waals surface area contributed by atoms with Crippen LogP contribution in [0.1, 0.15) is 21.9 Å². The molecule has 1 aliphatic heterocycles. The summed E-state index contributed by atoms with van der Waals surface area (Å²) in [5, 5.41) is 9.38. The number of benzene rings is 1. The number of hydrogen-bond acceptors (Lipinski definition) is 6. The molecular weight excluding hydrogens is 379 g/mol. The molecule has 0 radical (unpaired) electrons. The lowest BCUT2D eigenvalue weighted by atomic mass is 10.2. The largest absolute Gasteiger partial charge is 0.329 e. The van der Waals surface area contributed by atoms with Crippen LogP contribution in [0.2, 0.25) is 0 Å². The van der Waals surface area contributed by atoms with E-state index in [1.54, 1.807) is 22.4 Å². The third-order valence-corrected chi connectivity index (χ3v) is 5.75. The average molecular weight is 394 g/mol. The van der Waals surface area contributed by atoms with E-state index in [1.165, 1.54) is 24.3 Å². The molecule has 4 aromatic rings. The second-order valence-electron chi connectivity index (χ2n) is 6.64. The number of carbonyl (C=O) groups excluding carboxylic acids is 1. The smallest absolute Gasteiger partial charge is 0.254 e. The zero-order chi connectivity index (χ0) is 19.3. The van der Waals surface area contributed by atoms with Crippen molar-refractivity contribution in [3.05, 3.63) is 59.4 Å². The Morgan fingerprint density at radius 1 is 1.18 bits per heavy atom. The number of fused-ring (bicyclic) bond motifs is 2. The first-order valence-electron chi connectivity index (χ1n) is 8.79. The van der Waals surface area contributed by atoms with E-state index in [0.717, 1.165) is 20.9 Å². The van der Waals surface area contributed by atoms with Crippen LogP contribution in [0.4, 0.5) is 4.39 Å². The Balaban J connectivity index is 1.43. The molecule has 0 N–H and O–H groups in total. The Morgan fingerprint density at radius 3 is 2.82 bits per heavy atom. The van der Waals surface area contributed by atoms with Gasteiger partial charge in [0.15, 0.2) is 16.7 Å². The quantitative estimate of drug-likeness (QED) is 0.522. The van der Waals surface area contributed by atoms with Gasteiger partial charge in [-0.05, 0) is 37.3 Å². The van der Waals surface area contributed by atoms with Crippen LogP contribution in [0.3, 0.4) is 0 Å². The van der Waals surface area contributed by atoms with Gasteiger partial charge in [0.05, 0.1) is 17.4 Å². The monoisotopic (exact) mass is 394 g/mol. The molecule has 0 saturated heterocycles. The number of thiazole rings is 1. The number of halogens is 1. The molecule has 1 aliphatic rings. The number of aryl methyl sites for hydroxylation is 1. The minimum atomic E-state index is -0.360. The number of carbonyl (C=O) groups is 1. The van der Waals surface area contributed by atoms with Crippen LogP contribution in [0.25, 0.3) is 21.0 Å². The van der Waals surface area contributed by atoms with Crippen molar-refractivity contribution in [3.63, 3.8) is 0 Å². The second-order valence-corrected chi connectivity index (χ2v) is 7.67. The lowest BCUT2D eigenvalue weighted by Gasteiger charge is -2.27. The first-order chi connectivity index (χ1) is 13.6. The fourth-order valence-electron chi connectivity index (χ4n) is 3.29. The highest BCUT2D eigenvalue weighted by atomic mass is 32.1. The summed E-state index contributed by atoms with van der Waals surface area (Å²) in [6.07, 6.45) is 1.77. The summed E-state index contributed by atoms with van der Waals surface area (Å²) in [6.45, 7) is 3.41. The molecule has 0 aliphatic carbocycles. The minimum Gasteiger partial charge on any atom is -0.329 e. The van der Waals surface area contributed by atoms with Gasteiger partial charge in [0.2, 0.25) is 0 Å². The summed E-state index contributed by atoms with van der Waals surface area (Å²) in [7, 11) is 0. The molecule has 0 saturated carbocycles. The van der Waals surface area contributed by atoms with Gasteiger partial charge in [-0.25, -0.2) is 9.37 Å². The van der Waals surface area contributed by atoms with Gasteiger partial charge in [-0.2, -0.15) is 0 Å². The molecule has 0 bridgehead atoms. The number of aromatic nitrogens is 5. The summed E-state index contributed by atoms with van der Waals surface area (Å²) >= 11 is 1.56. The molecule has 0 spiro atoms. The van der Waals surface area contributed by atoms with Gasteiger partial charge in [0.1, 0.15) is 11.3 Å². The van der Waals surface area contributed by atoms with Crippen molar-refractivity contribution in [2.24, 2.45) is 0 Å². The number of nitrogens with zero attached hydrogens (tertiary/aromatic N) is 6. The third kappa shape index (κ3) is 2.84. The van der Waals surface area contributed by atoms with E-state index in [-0.39, 0.29) is 11.7 Å². The Kier molecular flexibility index (Phi) is 3.90. The van der Waals surface area contributed by atoms with E-state index in [2.05, 4.69) is 20.2 Å². The zero-order valence-electron chi connectivity index (χ0n) is 15.0. The predicted octanol–water partition coefficient (Wildman–Crippen LogP) is 3.05. The normalized spacial score (nSPS) is 13.7. The van der Waals surface area contributed by atoms with Crippen molar-refractivity contribution >= 4 is 27.5 Å². The third-order valence-electron chi connectivity index (χ3n) is 4.73. The van der Waals surface area contributed by atoms with Gasteiger partial charge in [0, 0.05) is 24.3 Å². The maximum atomic E-state index is 13.1. The van der Waals surface area contributed by atoms with E-state index in [9.17, 15) is 9.18 Å². The first kappa shape index (κ1) is 16.9. The SMILES string of the molecule is Cc1cc2sc(-c3nnc4n3CCN(C(=O)c3ccc(F)cc3)C4)nc2cn1. The molecule has 140 valence electrons. The molecule has 0 atom stereocenters. The van der Waals surface area contributed by atoms with Gasteiger partial charge in [-0.1, -0.05) is 0 Å². The van der Waals surface area contributed by atoms with Crippen LogP contribution in [0.5, 0.6) is 0 Å². The molecule has 1 amide bonds. The minimum absolute atomic E-state index is 0.141. The summed E-state index contributed by atoms with van der Waals surface area (Å²) in [5.41, 5.74) is 2.25. The summed E-state index contributed by atoms with van der Waals surface area (Å²) < 4.78 is 16.2. The second kappa shape index (κ2) is 6.45. The molecule has 5 rings (SSSR count). The molecule has 0 fully saturated rings. The van der Waals surface area contributed by atoms with Crippen LogP contribution in [0.15, 0.2) is 36.5 Å². The van der Waals surface area contributed by atoms with E-state index in [4.69, 9.17) is 0 Å². The summed E-state index contributed by atoms with van der Waals surface area (Å²) in [4.78, 5) is 23.3. The predicted molar refractivity (Wildman–Crippen MR) is 102 cm³/mol. The highest BCUT2D eigenvalue weighted by molar-refractivity contribution is 7.21. The molecule has 1 aromatic carbocycles.